The highest BCUT2D eigenvalue weighted by Gasteiger charge is 2.35. The van der Waals surface area contributed by atoms with Crippen LogP contribution in [-0.4, -0.2) is 58.4 Å². The van der Waals surface area contributed by atoms with Gasteiger partial charge in [0.1, 0.15) is 0 Å². The number of nitrogens with zero attached hydrogens (tertiary/aromatic N) is 2. The smallest absolute Gasteiger partial charge is 0.289 e. The Kier molecular flexibility index (Phi) is 5.00. The van der Waals surface area contributed by atoms with Gasteiger partial charge >= 0.3 is 0 Å². The normalized spacial score (nSPS) is 22.9. The quantitative estimate of drug-likeness (QED) is 0.765. The molecule has 3 amide bonds. The van der Waals surface area contributed by atoms with Crippen LogP contribution >= 0.6 is 11.8 Å². The number of ether oxygens (including phenoxy) is 1. The Hall–Kier alpha value is -1.86. The molecule has 1 atom stereocenters. The van der Waals surface area contributed by atoms with Crippen LogP contribution in [-0.2, 0) is 16.1 Å². The van der Waals surface area contributed by atoms with E-state index in [2.05, 4.69) is 0 Å². The topological polar surface area (TPSA) is 66.9 Å². The van der Waals surface area contributed by atoms with Crippen molar-refractivity contribution in [2.45, 2.75) is 31.8 Å². The minimum atomic E-state index is -0.215. The number of hydrogen-bond donors (Lipinski definition) is 0. The molecule has 2 saturated heterocycles. The van der Waals surface area contributed by atoms with Gasteiger partial charge in [-0.2, -0.15) is 0 Å². The van der Waals surface area contributed by atoms with E-state index in [1.807, 2.05) is 29.2 Å². The van der Waals surface area contributed by atoms with Crippen LogP contribution < -0.4 is 0 Å². The summed E-state index contributed by atoms with van der Waals surface area (Å²) in [5.74, 6) is 0.489. The molecule has 1 aliphatic carbocycles. The molecule has 1 saturated carbocycles. The van der Waals surface area contributed by atoms with Crippen LogP contribution in [0.5, 0.6) is 0 Å². The van der Waals surface area contributed by atoms with Crippen LogP contribution in [0.4, 0.5) is 4.79 Å². The summed E-state index contributed by atoms with van der Waals surface area (Å²) >= 11 is 1.03. The van der Waals surface area contributed by atoms with E-state index in [4.69, 9.17) is 4.74 Å². The van der Waals surface area contributed by atoms with E-state index in [1.165, 1.54) is 4.90 Å². The molecule has 0 radical (unpaired) electrons. The molecule has 2 aliphatic heterocycles. The third-order valence-corrected chi connectivity index (χ3v) is 5.94. The highest BCUT2D eigenvalue weighted by molar-refractivity contribution is 8.14. The Morgan fingerprint density at radius 3 is 2.77 bits per heavy atom. The predicted octanol–water partition coefficient (Wildman–Crippen LogP) is 2.52. The van der Waals surface area contributed by atoms with Gasteiger partial charge in [-0.1, -0.05) is 23.9 Å². The average Bonchev–Trinajstić information content (AvgIpc) is 3.28. The molecule has 1 aromatic carbocycles. The van der Waals surface area contributed by atoms with E-state index in [9.17, 15) is 14.4 Å². The van der Waals surface area contributed by atoms with Gasteiger partial charge in [0.2, 0.25) is 5.91 Å². The number of hydrogen-bond acceptors (Lipinski definition) is 5. The molecule has 0 bridgehead atoms. The molecule has 138 valence electrons. The van der Waals surface area contributed by atoms with Gasteiger partial charge in [-0.05, 0) is 37.0 Å². The first-order valence-electron chi connectivity index (χ1n) is 9.06. The lowest BCUT2D eigenvalue weighted by atomic mass is 10.1. The molecule has 0 spiro atoms. The Morgan fingerprint density at radius 1 is 1.27 bits per heavy atom. The van der Waals surface area contributed by atoms with Crippen molar-refractivity contribution < 1.29 is 19.1 Å². The van der Waals surface area contributed by atoms with E-state index in [-0.39, 0.29) is 29.4 Å². The van der Waals surface area contributed by atoms with Crippen LogP contribution in [0.1, 0.15) is 35.2 Å². The maximum absolute atomic E-state index is 13.1. The Balaban J connectivity index is 1.48. The first-order chi connectivity index (χ1) is 12.6. The number of rotatable bonds is 6. The number of imide groups is 1. The summed E-state index contributed by atoms with van der Waals surface area (Å²) in [4.78, 5) is 39.9. The Labute approximate surface area is 156 Å². The molecule has 1 aromatic rings. The monoisotopic (exact) mass is 374 g/mol. The maximum atomic E-state index is 13.1. The second kappa shape index (κ2) is 7.40. The molecule has 3 aliphatic rings. The highest BCUT2D eigenvalue weighted by Crippen LogP contribution is 2.30. The predicted molar refractivity (Wildman–Crippen MR) is 97.8 cm³/mol. The second-order valence-corrected chi connectivity index (χ2v) is 8.08. The number of carbonyl (C=O) groups is 3. The van der Waals surface area contributed by atoms with Gasteiger partial charge in [-0.15, -0.1) is 0 Å². The van der Waals surface area contributed by atoms with Crippen LogP contribution in [0.3, 0.4) is 0 Å². The largest absolute Gasteiger partial charge is 0.381 e. The van der Waals surface area contributed by atoms with Crippen LogP contribution in [0.15, 0.2) is 24.3 Å². The minimum absolute atomic E-state index is 0.0368. The fourth-order valence-corrected chi connectivity index (χ4v) is 4.20. The van der Waals surface area contributed by atoms with E-state index < -0.39 is 0 Å². The Morgan fingerprint density at radius 2 is 2.12 bits per heavy atom. The standard InChI is InChI=1S/C19H22N2O4S/c22-17-12-26-19(24)21(17)9-13-2-1-3-15(8-13)18(23)20(16-4-5-16)10-14-6-7-25-11-14/h1-3,8,14,16H,4-7,9-12H2. The van der Waals surface area contributed by atoms with Gasteiger partial charge < -0.3 is 9.64 Å². The summed E-state index contributed by atoms with van der Waals surface area (Å²) in [6.45, 7) is 2.48. The number of carbonyl (C=O) groups excluding carboxylic acids is 3. The average molecular weight is 374 g/mol. The summed E-state index contributed by atoms with van der Waals surface area (Å²) in [5, 5.41) is -0.215. The molecule has 3 fully saturated rings. The van der Waals surface area contributed by atoms with Crippen molar-refractivity contribution in [3.8, 4) is 0 Å². The Bertz CT molecular complexity index is 712. The fourth-order valence-electron chi connectivity index (χ4n) is 3.47. The first kappa shape index (κ1) is 17.5. The van der Waals surface area contributed by atoms with E-state index in [1.54, 1.807) is 0 Å². The molecular weight excluding hydrogens is 352 g/mol. The SMILES string of the molecule is O=C1CSC(=O)N1Cc1cccc(C(=O)N(CC2CCOC2)C2CC2)c1. The van der Waals surface area contributed by atoms with Crippen molar-refractivity contribution in [3.63, 3.8) is 0 Å². The summed E-state index contributed by atoms with van der Waals surface area (Å²) in [6.07, 6.45) is 3.13. The molecule has 0 aromatic heterocycles. The van der Waals surface area contributed by atoms with Gasteiger partial charge in [-0.3, -0.25) is 19.3 Å². The highest BCUT2D eigenvalue weighted by atomic mass is 32.2. The van der Waals surface area contributed by atoms with Gasteiger partial charge in [0.25, 0.3) is 11.1 Å². The van der Waals surface area contributed by atoms with Gasteiger partial charge in [0.15, 0.2) is 0 Å². The molecular formula is C19H22N2O4S. The van der Waals surface area contributed by atoms with Crippen molar-refractivity contribution in [2.24, 2.45) is 5.92 Å². The van der Waals surface area contributed by atoms with E-state index >= 15 is 0 Å². The van der Waals surface area contributed by atoms with E-state index in [0.29, 0.717) is 17.5 Å². The molecule has 7 heteroatoms. The summed E-state index contributed by atoms with van der Waals surface area (Å²) in [7, 11) is 0. The number of thioether (sulfide) groups is 1. The van der Waals surface area contributed by atoms with E-state index in [0.717, 1.165) is 56.3 Å². The lowest BCUT2D eigenvalue weighted by molar-refractivity contribution is -0.125. The zero-order valence-electron chi connectivity index (χ0n) is 14.6. The third kappa shape index (κ3) is 3.78. The fraction of sp³-hybridized carbons (Fsp3) is 0.526. The van der Waals surface area contributed by atoms with Crippen molar-refractivity contribution >= 4 is 28.8 Å². The molecule has 0 N–H and O–H groups in total. The van der Waals surface area contributed by atoms with Crippen molar-refractivity contribution in [3.05, 3.63) is 35.4 Å². The summed E-state index contributed by atoms with van der Waals surface area (Å²) in [5.41, 5.74) is 1.43. The summed E-state index contributed by atoms with van der Waals surface area (Å²) < 4.78 is 5.45. The van der Waals surface area contributed by atoms with Gasteiger partial charge in [-0.25, -0.2) is 0 Å². The molecule has 1 unspecified atom stereocenters. The lowest BCUT2D eigenvalue weighted by Crippen LogP contribution is -2.37. The van der Waals surface area contributed by atoms with Gasteiger partial charge in [0, 0.05) is 30.7 Å². The summed E-state index contributed by atoms with van der Waals surface area (Å²) in [6, 6.07) is 7.64. The van der Waals surface area contributed by atoms with Crippen molar-refractivity contribution in [1.82, 2.24) is 9.80 Å². The minimum Gasteiger partial charge on any atom is -0.381 e. The first-order valence-corrected chi connectivity index (χ1v) is 10.0. The zero-order chi connectivity index (χ0) is 18.1. The van der Waals surface area contributed by atoms with Crippen LogP contribution in [0.2, 0.25) is 0 Å². The van der Waals surface area contributed by atoms with Crippen molar-refractivity contribution in [2.75, 3.05) is 25.5 Å². The van der Waals surface area contributed by atoms with Crippen molar-refractivity contribution in [1.29, 1.82) is 0 Å². The van der Waals surface area contributed by atoms with Crippen LogP contribution in [0.25, 0.3) is 0 Å². The zero-order valence-corrected chi connectivity index (χ0v) is 15.4. The molecule has 2 heterocycles. The number of benzene rings is 1. The number of amides is 3. The lowest BCUT2D eigenvalue weighted by Gasteiger charge is -2.25. The second-order valence-electron chi connectivity index (χ2n) is 7.15. The molecule has 6 nitrogen and oxygen atoms in total. The van der Waals surface area contributed by atoms with Crippen LogP contribution in [0, 0.1) is 5.92 Å². The molecule has 4 rings (SSSR count). The van der Waals surface area contributed by atoms with Gasteiger partial charge in [0.05, 0.1) is 18.9 Å². The third-order valence-electron chi connectivity index (χ3n) is 5.08. The maximum Gasteiger partial charge on any atom is 0.289 e. The molecule has 26 heavy (non-hydrogen) atoms.